The Labute approximate surface area is 116 Å². The minimum atomic E-state index is -0.398. The van der Waals surface area contributed by atoms with Crippen LogP contribution in [-0.2, 0) is 9.47 Å². The second-order valence-electron chi connectivity index (χ2n) is 5.97. The average molecular weight is 271 g/mol. The first-order chi connectivity index (χ1) is 9.34. The van der Waals surface area contributed by atoms with Crippen molar-refractivity contribution in [3.8, 4) is 0 Å². The Morgan fingerprint density at radius 1 is 1.11 bits per heavy atom. The Bertz CT molecular complexity index is 227. The monoisotopic (exact) mass is 271 g/mol. The Morgan fingerprint density at radius 2 is 1.89 bits per heavy atom. The van der Waals surface area contributed by atoms with Crippen LogP contribution in [0, 0.1) is 5.92 Å². The highest BCUT2D eigenvalue weighted by Crippen LogP contribution is 2.28. The lowest BCUT2D eigenvalue weighted by molar-refractivity contribution is -0.0233. The number of nitrogens with one attached hydrogen (secondary N) is 1. The van der Waals surface area contributed by atoms with Gasteiger partial charge in [-0.25, -0.2) is 0 Å². The molecule has 112 valence electrons. The Morgan fingerprint density at radius 3 is 2.63 bits per heavy atom. The predicted octanol–water partition coefficient (Wildman–Crippen LogP) is 1.71. The van der Waals surface area contributed by atoms with E-state index in [4.69, 9.17) is 9.47 Å². The van der Waals surface area contributed by atoms with E-state index in [1.54, 1.807) is 0 Å². The van der Waals surface area contributed by atoms with Crippen LogP contribution < -0.4 is 5.32 Å². The van der Waals surface area contributed by atoms with Gasteiger partial charge in [0, 0.05) is 19.7 Å². The molecule has 0 saturated heterocycles. The van der Waals surface area contributed by atoms with Gasteiger partial charge in [-0.3, -0.25) is 0 Å². The van der Waals surface area contributed by atoms with E-state index in [9.17, 15) is 5.11 Å². The summed E-state index contributed by atoms with van der Waals surface area (Å²) in [5.41, 5.74) is 0. The van der Waals surface area contributed by atoms with Crippen molar-refractivity contribution in [1.29, 1.82) is 0 Å². The highest BCUT2D eigenvalue weighted by atomic mass is 16.5. The van der Waals surface area contributed by atoms with Crippen LogP contribution in [0.5, 0.6) is 0 Å². The quantitative estimate of drug-likeness (QED) is 0.594. The molecule has 1 unspecified atom stereocenters. The lowest BCUT2D eigenvalue weighted by Crippen LogP contribution is -2.34. The second-order valence-corrected chi connectivity index (χ2v) is 5.97. The zero-order valence-electron chi connectivity index (χ0n) is 12.0. The van der Waals surface area contributed by atoms with Gasteiger partial charge in [0.1, 0.15) is 0 Å². The molecule has 2 rings (SSSR count). The zero-order valence-corrected chi connectivity index (χ0v) is 12.0. The van der Waals surface area contributed by atoms with Crippen LogP contribution in [-0.4, -0.2) is 50.2 Å². The summed E-state index contributed by atoms with van der Waals surface area (Å²) < 4.78 is 11.3. The minimum Gasteiger partial charge on any atom is -0.389 e. The first-order valence-corrected chi connectivity index (χ1v) is 7.92. The molecule has 0 aromatic carbocycles. The van der Waals surface area contributed by atoms with Crippen molar-refractivity contribution in [1.82, 2.24) is 5.32 Å². The fourth-order valence-electron chi connectivity index (χ4n) is 2.49. The van der Waals surface area contributed by atoms with E-state index < -0.39 is 6.10 Å². The lowest BCUT2D eigenvalue weighted by atomic mass is 9.98. The van der Waals surface area contributed by atoms with Gasteiger partial charge in [0.25, 0.3) is 0 Å². The Hall–Kier alpha value is -0.160. The van der Waals surface area contributed by atoms with E-state index in [-0.39, 0.29) is 0 Å². The number of aliphatic hydroxyl groups excluding tert-OH is 1. The molecule has 0 aromatic heterocycles. The van der Waals surface area contributed by atoms with Gasteiger partial charge in [0.15, 0.2) is 0 Å². The van der Waals surface area contributed by atoms with Gasteiger partial charge in [0.2, 0.25) is 0 Å². The molecular formula is C15H29NO3. The van der Waals surface area contributed by atoms with Crippen LogP contribution in [0.3, 0.4) is 0 Å². The van der Waals surface area contributed by atoms with Crippen LogP contribution in [0.4, 0.5) is 0 Å². The largest absolute Gasteiger partial charge is 0.389 e. The van der Waals surface area contributed by atoms with Crippen LogP contribution in [0.2, 0.25) is 0 Å². The van der Waals surface area contributed by atoms with Gasteiger partial charge in [-0.1, -0.05) is 19.3 Å². The van der Waals surface area contributed by atoms with Crippen LogP contribution in [0.25, 0.3) is 0 Å². The molecule has 4 heteroatoms. The molecule has 0 radical (unpaired) electrons. The lowest BCUT2D eigenvalue weighted by Gasteiger charge is -2.23. The van der Waals surface area contributed by atoms with Crippen molar-refractivity contribution in [2.75, 3.05) is 32.9 Å². The maximum atomic E-state index is 9.81. The van der Waals surface area contributed by atoms with Crippen molar-refractivity contribution in [2.24, 2.45) is 5.92 Å². The van der Waals surface area contributed by atoms with Crippen molar-refractivity contribution >= 4 is 0 Å². The molecule has 0 aromatic rings. The first-order valence-electron chi connectivity index (χ1n) is 7.92. The third kappa shape index (κ3) is 7.25. The molecule has 2 aliphatic carbocycles. The third-order valence-corrected chi connectivity index (χ3v) is 3.93. The summed E-state index contributed by atoms with van der Waals surface area (Å²) in [6.45, 7) is 3.52. The molecule has 2 N–H and O–H groups in total. The topological polar surface area (TPSA) is 50.7 Å². The number of rotatable bonds is 10. The molecule has 2 saturated carbocycles. The summed E-state index contributed by atoms with van der Waals surface area (Å²) in [6, 6.07) is 0. The Kier molecular flexibility index (Phi) is 7.14. The number of ether oxygens (including phenoxy) is 2. The van der Waals surface area contributed by atoms with E-state index in [2.05, 4.69) is 5.32 Å². The van der Waals surface area contributed by atoms with Gasteiger partial charge in [0.05, 0.1) is 25.4 Å². The summed E-state index contributed by atoms with van der Waals surface area (Å²) in [5, 5.41) is 13.0. The highest BCUT2D eigenvalue weighted by molar-refractivity contribution is 4.72. The molecule has 1 atom stereocenters. The zero-order chi connectivity index (χ0) is 13.3. The standard InChI is InChI=1S/C15H29NO3/c17-14(12-19-15-4-2-1-3-5-15)10-16-8-9-18-11-13-6-7-13/h13-17H,1-12H2. The second kappa shape index (κ2) is 8.90. The first kappa shape index (κ1) is 15.2. The molecule has 0 spiro atoms. The van der Waals surface area contributed by atoms with Gasteiger partial charge in [-0.15, -0.1) is 0 Å². The molecule has 4 nitrogen and oxygen atoms in total. The molecular weight excluding hydrogens is 242 g/mol. The fourth-order valence-corrected chi connectivity index (χ4v) is 2.49. The van der Waals surface area contributed by atoms with Crippen molar-refractivity contribution < 1.29 is 14.6 Å². The Balaban J connectivity index is 1.37. The van der Waals surface area contributed by atoms with Gasteiger partial charge in [-0.2, -0.15) is 0 Å². The SMILES string of the molecule is OC(CNCCOCC1CC1)COC1CCCCC1. The van der Waals surface area contributed by atoms with Gasteiger partial charge < -0.3 is 19.9 Å². The van der Waals surface area contributed by atoms with Crippen molar-refractivity contribution in [3.05, 3.63) is 0 Å². The predicted molar refractivity (Wildman–Crippen MR) is 75.2 cm³/mol. The van der Waals surface area contributed by atoms with Crippen molar-refractivity contribution in [2.45, 2.75) is 57.2 Å². The average Bonchev–Trinajstić information content (AvgIpc) is 3.26. The maximum Gasteiger partial charge on any atom is 0.0897 e. The number of aliphatic hydroxyl groups is 1. The summed E-state index contributed by atoms with van der Waals surface area (Å²) in [5.74, 6) is 0.828. The summed E-state index contributed by atoms with van der Waals surface area (Å²) >= 11 is 0. The van der Waals surface area contributed by atoms with E-state index >= 15 is 0 Å². The van der Waals surface area contributed by atoms with Gasteiger partial charge in [-0.05, 0) is 31.6 Å². The van der Waals surface area contributed by atoms with Crippen LogP contribution >= 0.6 is 0 Å². The van der Waals surface area contributed by atoms with Gasteiger partial charge >= 0.3 is 0 Å². The van der Waals surface area contributed by atoms with E-state index in [1.807, 2.05) is 0 Å². The summed E-state index contributed by atoms with van der Waals surface area (Å²) in [4.78, 5) is 0. The molecule has 0 heterocycles. The van der Waals surface area contributed by atoms with E-state index in [0.717, 1.165) is 38.5 Å². The molecule has 2 fully saturated rings. The van der Waals surface area contributed by atoms with E-state index in [0.29, 0.717) is 19.3 Å². The molecule has 0 aliphatic heterocycles. The summed E-state index contributed by atoms with van der Waals surface area (Å²) in [6.07, 6.45) is 8.87. The van der Waals surface area contributed by atoms with Crippen LogP contribution in [0.15, 0.2) is 0 Å². The van der Waals surface area contributed by atoms with E-state index in [1.165, 1.54) is 32.1 Å². The molecule has 0 bridgehead atoms. The maximum absolute atomic E-state index is 9.81. The van der Waals surface area contributed by atoms with Crippen molar-refractivity contribution in [3.63, 3.8) is 0 Å². The highest BCUT2D eigenvalue weighted by Gasteiger charge is 2.20. The third-order valence-electron chi connectivity index (χ3n) is 3.93. The number of hydrogen-bond donors (Lipinski definition) is 2. The fraction of sp³-hybridized carbons (Fsp3) is 1.00. The molecule has 2 aliphatic rings. The summed E-state index contributed by atoms with van der Waals surface area (Å²) in [7, 11) is 0. The normalized spacial score (nSPS) is 22.6. The minimum absolute atomic E-state index is 0.380. The number of hydrogen-bond acceptors (Lipinski definition) is 4. The smallest absolute Gasteiger partial charge is 0.0897 e. The van der Waals surface area contributed by atoms with Crippen LogP contribution in [0.1, 0.15) is 44.9 Å². The molecule has 0 amide bonds. The molecule has 19 heavy (non-hydrogen) atoms.